The quantitative estimate of drug-likeness (QED) is 0.487. The summed E-state index contributed by atoms with van der Waals surface area (Å²) in [4.78, 5) is 16.3. The number of hydrogen-bond donors (Lipinski definition) is 0. The highest BCUT2D eigenvalue weighted by Crippen LogP contribution is 2.37. The van der Waals surface area contributed by atoms with Gasteiger partial charge in [0.15, 0.2) is 17.2 Å². The first-order chi connectivity index (χ1) is 13.0. The van der Waals surface area contributed by atoms with Crippen LogP contribution < -0.4 is 9.47 Å². The molecular formula is C20H17BrFNO4. The third-order valence-corrected chi connectivity index (χ3v) is 4.29. The number of methoxy groups -OCH3 is 1. The average Bonchev–Trinajstić information content (AvgIpc) is 3.01. The van der Waals surface area contributed by atoms with Gasteiger partial charge in [-0.05, 0) is 64.3 Å². The van der Waals surface area contributed by atoms with Crippen LogP contribution in [0.15, 0.2) is 51.6 Å². The summed E-state index contributed by atoms with van der Waals surface area (Å²) < 4.78 is 30.3. The Bertz CT molecular complexity index is 940. The number of esters is 1. The molecule has 1 aliphatic heterocycles. The summed E-state index contributed by atoms with van der Waals surface area (Å²) in [7, 11) is 1.54. The SMILES string of the molecule is CCCOc1c(Br)cc(C=C2N=C(c3cccc(F)c3)OC2=O)cc1OC. The second kappa shape index (κ2) is 8.35. The van der Waals surface area contributed by atoms with Gasteiger partial charge in [0, 0.05) is 5.56 Å². The van der Waals surface area contributed by atoms with Crippen LogP contribution in [0, 0.1) is 5.82 Å². The molecule has 0 unspecified atom stereocenters. The first-order valence-electron chi connectivity index (χ1n) is 8.30. The van der Waals surface area contributed by atoms with E-state index < -0.39 is 11.8 Å². The molecule has 2 aromatic carbocycles. The van der Waals surface area contributed by atoms with Crippen molar-refractivity contribution < 1.29 is 23.4 Å². The molecule has 1 heterocycles. The van der Waals surface area contributed by atoms with Crippen LogP contribution in [0.25, 0.3) is 6.08 Å². The van der Waals surface area contributed by atoms with E-state index in [1.807, 2.05) is 6.92 Å². The second-order valence-electron chi connectivity index (χ2n) is 5.73. The summed E-state index contributed by atoms with van der Waals surface area (Å²) in [6.07, 6.45) is 2.44. The van der Waals surface area contributed by atoms with E-state index in [4.69, 9.17) is 14.2 Å². The smallest absolute Gasteiger partial charge is 0.363 e. The van der Waals surface area contributed by atoms with Gasteiger partial charge >= 0.3 is 5.97 Å². The summed E-state index contributed by atoms with van der Waals surface area (Å²) in [6, 6.07) is 9.25. The van der Waals surface area contributed by atoms with Crippen LogP contribution >= 0.6 is 15.9 Å². The fraction of sp³-hybridized carbons (Fsp3) is 0.200. The first kappa shape index (κ1) is 19.1. The van der Waals surface area contributed by atoms with Gasteiger partial charge < -0.3 is 14.2 Å². The summed E-state index contributed by atoms with van der Waals surface area (Å²) >= 11 is 3.46. The molecule has 5 nitrogen and oxygen atoms in total. The van der Waals surface area contributed by atoms with E-state index in [0.717, 1.165) is 6.42 Å². The Labute approximate surface area is 164 Å². The van der Waals surface area contributed by atoms with Gasteiger partial charge in [-0.25, -0.2) is 14.2 Å². The highest BCUT2D eigenvalue weighted by Gasteiger charge is 2.24. The van der Waals surface area contributed by atoms with E-state index in [1.54, 1.807) is 31.4 Å². The average molecular weight is 434 g/mol. The maximum atomic E-state index is 13.4. The number of carbonyl (C=O) groups excluding carboxylic acids is 1. The Morgan fingerprint density at radius 2 is 2.11 bits per heavy atom. The molecule has 0 saturated heterocycles. The summed E-state index contributed by atoms with van der Waals surface area (Å²) in [6.45, 7) is 2.57. The number of carbonyl (C=O) groups is 1. The molecule has 0 saturated carbocycles. The van der Waals surface area contributed by atoms with Crippen molar-refractivity contribution in [2.75, 3.05) is 13.7 Å². The van der Waals surface area contributed by atoms with Crippen LogP contribution in [0.2, 0.25) is 0 Å². The lowest BCUT2D eigenvalue weighted by atomic mass is 10.1. The molecule has 0 atom stereocenters. The molecule has 0 bridgehead atoms. The summed E-state index contributed by atoms with van der Waals surface area (Å²) in [5, 5.41) is 0. The molecule has 0 aromatic heterocycles. The van der Waals surface area contributed by atoms with Gasteiger partial charge in [-0.2, -0.15) is 0 Å². The predicted molar refractivity (Wildman–Crippen MR) is 103 cm³/mol. The zero-order valence-corrected chi connectivity index (χ0v) is 16.4. The van der Waals surface area contributed by atoms with E-state index in [1.165, 1.54) is 18.2 Å². The maximum absolute atomic E-state index is 13.4. The Morgan fingerprint density at radius 1 is 1.30 bits per heavy atom. The lowest BCUT2D eigenvalue weighted by Crippen LogP contribution is -2.05. The van der Waals surface area contributed by atoms with Gasteiger partial charge in [0.1, 0.15) is 5.82 Å². The standard InChI is InChI=1S/C20H17BrFNO4/c1-3-7-26-18-15(21)8-12(10-17(18)25-2)9-16-20(24)27-19(23-16)13-5-4-6-14(22)11-13/h4-6,8-11H,3,7H2,1-2H3. The summed E-state index contributed by atoms with van der Waals surface area (Å²) in [5.41, 5.74) is 1.19. The Balaban J connectivity index is 1.94. The maximum Gasteiger partial charge on any atom is 0.363 e. The van der Waals surface area contributed by atoms with Crippen molar-refractivity contribution in [2.24, 2.45) is 4.99 Å². The molecule has 140 valence electrons. The van der Waals surface area contributed by atoms with Crippen LogP contribution in [0.3, 0.4) is 0 Å². The normalized spacial score (nSPS) is 14.9. The number of rotatable bonds is 6. The van der Waals surface area contributed by atoms with E-state index >= 15 is 0 Å². The van der Waals surface area contributed by atoms with E-state index in [-0.39, 0.29) is 11.6 Å². The van der Waals surface area contributed by atoms with Gasteiger partial charge in [-0.15, -0.1) is 0 Å². The van der Waals surface area contributed by atoms with E-state index in [2.05, 4.69) is 20.9 Å². The van der Waals surface area contributed by atoms with Crippen LogP contribution in [0.1, 0.15) is 24.5 Å². The van der Waals surface area contributed by atoms with Crippen molar-refractivity contribution in [1.29, 1.82) is 0 Å². The van der Waals surface area contributed by atoms with Crippen molar-refractivity contribution in [3.63, 3.8) is 0 Å². The third kappa shape index (κ3) is 4.36. The highest BCUT2D eigenvalue weighted by molar-refractivity contribution is 9.10. The first-order valence-corrected chi connectivity index (χ1v) is 9.10. The molecule has 0 fully saturated rings. The largest absolute Gasteiger partial charge is 0.493 e. The molecular weight excluding hydrogens is 417 g/mol. The summed E-state index contributed by atoms with van der Waals surface area (Å²) in [5.74, 6) is 0.167. The highest BCUT2D eigenvalue weighted by atomic mass is 79.9. The number of benzene rings is 2. The zero-order chi connectivity index (χ0) is 19.4. The zero-order valence-electron chi connectivity index (χ0n) is 14.8. The molecule has 0 spiro atoms. The molecule has 7 heteroatoms. The fourth-order valence-electron chi connectivity index (χ4n) is 2.48. The van der Waals surface area contributed by atoms with E-state index in [9.17, 15) is 9.18 Å². The number of aliphatic imine (C=N–C) groups is 1. The minimum absolute atomic E-state index is 0.0691. The number of halogens is 2. The van der Waals surface area contributed by atoms with Crippen molar-refractivity contribution in [2.45, 2.75) is 13.3 Å². The van der Waals surface area contributed by atoms with Gasteiger partial charge in [0.25, 0.3) is 0 Å². The minimum Gasteiger partial charge on any atom is -0.493 e. The lowest BCUT2D eigenvalue weighted by molar-refractivity contribution is -0.129. The fourth-order valence-corrected chi connectivity index (χ4v) is 3.05. The van der Waals surface area contributed by atoms with Crippen LogP contribution in [-0.2, 0) is 9.53 Å². The molecule has 0 radical (unpaired) electrons. The van der Waals surface area contributed by atoms with Gasteiger partial charge in [-0.3, -0.25) is 0 Å². The molecule has 0 amide bonds. The Kier molecular flexibility index (Phi) is 5.91. The Hall–Kier alpha value is -2.67. The predicted octanol–water partition coefficient (Wildman–Crippen LogP) is 4.73. The van der Waals surface area contributed by atoms with Gasteiger partial charge in [0.2, 0.25) is 5.90 Å². The van der Waals surface area contributed by atoms with Crippen molar-refractivity contribution in [3.05, 3.63) is 63.5 Å². The third-order valence-electron chi connectivity index (χ3n) is 3.70. The lowest BCUT2D eigenvalue weighted by Gasteiger charge is -2.13. The monoisotopic (exact) mass is 433 g/mol. The molecule has 0 aliphatic carbocycles. The van der Waals surface area contributed by atoms with Crippen molar-refractivity contribution >= 4 is 33.9 Å². The number of cyclic esters (lactones) is 1. The van der Waals surface area contributed by atoms with Gasteiger partial charge in [0.05, 0.1) is 18.2 Å². The molecule has 2 aromatic rings. The minimum atomic E-state index is -0.601. The number of ether oxygens (including phenoxy) is 3. The topological polar surface area (TPSA) is 57.1 Å². The molecule has 27 heavy (non-hydrogen) atoms. The Morgan fingerprint density at radius 3 is 2.81 bits per heavy atom. The van der Waals surface area contributed by atoms with Crippen LogP contribution in [0.4, 0.5) is 4.39 Å². The van der Waals surface area contributed by atoms with Crippen LogP contribution in [0.5, 0.6) is 11.5 Å². The molecule has 0 N–H and O–H groups in total. The molecule has 3 rings (SSSR count). The second-order valence-corrected chi connectivity index (χ2v) is 6.58. The number of hydrogen-bond acceptors (Lipinski definition) is 5. The van der Waals surface area contributed by atoms with Crippen molar-refractivity contribution in [3.8, 4) is 11.5 Å². The van der Waals surface area contributed by atoms with E-state index in [0.29, 0.717) is 33.7 Å². The van der Waals surface area contributed by atoms with Crippen molar-refractivity contribution in [1.82, 2.24) is 0 Å². The van der Waals surface area contributed by atoms with Gasteiger partial charge in [-0.1, -0.05) is 13.0 Å². The van der Waals surface area contributed by atoms with Crippen LogP contribution in [-0.4, -0.2) is 25.6 Å². The number of nitrogens with zero attached hydrogens (tertiary/aromatic N) is 1. The molecule has 1 aliphatic rings.